The number of hydrogen-bond acceptors (Lipinski definition) is 2. The minimum atomic E-state index is -0.0819. The van der Waals surface area contributed by atoms with Crippen LogP contribution in [0, 0.1) is 0 Å². The van der Waals surface area contributed by atoms with Crippen molar-refractivity contribution in [2.75, 3.05) is 6.54 Å². The van der Waals surface area contributed by atoms with E-state index in [1.165, 1.54) is 0 Å². The van der Waals surface area contributed by atoms with E-state index >= 15 is 0 Å². The molecule has 80 valence electrons. The zero-order chi connectivity index (χ0) is 11.3. The van der Waals surface area contributed by atoms with Gasteiger partial charge < -0.3 is 11.1 Å². The molecule has 0 aliphatic rings. The van der Waals surface area contributed by atoms with Gasteiger partial charge in [0.2, 0.25) is 0 Å². The highest BCUT2D eigenvalue weighted by molar-refractivity contribution is 5.94. The first kappa shape index (κ1) is 11.5. The molecule has 0 aromatic heterocycles. The van der Waals surface area contributed by atoms with Gasteiger partial charge in [0.05, 0.1) is 0 Å². The van der Waals surface area contributed by atoms with Crippen LogP contribution in [0.4, 0.5) is 0 Å². The van der Waals surface area contributed by atoms with Gasteiger partial charge in [-0.25, -0.2) is 0 Å². The lowest BCUT2D eigenvalue weighted by molar-refractivity contribution is 0.0957. The number of carbonyl (C=O) groups excluding carboxylic acids is 1. The van der Waals surface area contributed by atoms with E-state index in [0.717, 1.165) is 11.1 Å². The molecule has 1 aromatic rings. The van der Waals surface area contributed by atoms with Crippen LogP contribution in [-0.2, 0) is 6.54 Å². The second-order valence-corrected chi connectivity index (χ2v) is 3.54. The summed E-state index contributed by atoms with van der Waals surface area (Å²) < 4.78 is 0. The number of nitrogens with one attached hydrogen (secondary N) is 1. The van der Waals surface area contributed by atoms with E-state index in [1.807, 2.05) is 19.1 Å². The van der Waals surface area contributed by atoms with Crippen molar-refractivity contribution in [1.82, 2.24) is 5.32 Å². The van der Waals surface area contributed by atoms with Crippen LogP contribution in [0.15, 0.2) is 36.4 Å². The molecule has 3 heteroatoms. The normalized spacial score (nSPS) is 9.73. The monoisotopic (exact) mass is 204 g/mol. The number of nitrogens with two attached hydrogens (primary N) is 1. The van der Waals surface area contributed by atoms with Crippen LogP contribution in [0.2, 0.25) is 0 Å². The molecule has 0 aliphatic heterocycles. The second-order valence-electron chi connectivity index (χ2n) is 3.54. The van der Waals surface area contributed by atoms with Crippen LogP contribution in [0.5, 0.6) is 0 Å². The smallest absolute Gasteiger partial charge is 0.251 e. The maximum atomic E-state index is 11.6. The fourth-order valence-electron chi connectivity index (χ4n) is 1.13. The van der Waals surface area contributed by atoms with Crippen molar-refractivity contribution in [3.63, 3.8) is 0 Å². The Kier molecular flexibility index (Phi) is 4.06. The number of carbonyl (C=O) groups is 1. The van der Waals surface area contributed by atoms with E-state index < -0.39 is 0 Å². The Morgan fingerprint density at radius 3 is 2.47 bits per heavy atom. The first-order chi connectivity index (χ1) is 7.13. The summed E-state index contributed by atoms with van der Waals surface area (Å²) in [5.74, 6) is -0.0819. The molecule has 0 heterocycles. The van der Waals surface area contributed by atoms with Crippen molar-refractivity contribution in [2.45, 2.75) is 13.5 Å². The Hall–Kier alpha value is -1.61. The molecular formula is C12H16N2O. The number of hydrogen-bond donors (Lipinski definition) is 2. The molecule has 0 radical (unpaired) electrons. The largest absolute Gasteiger partial charge is 0.348 e. The Labute approximate surface area is 90.0 Å². The van der Waals surface area contributed by atoms with E-state index in [1.54, 1.807) is 12.1 Å². The summed E-state index contributed by atoms with van der Waals surface area (Å²) in [5.41, 5.74) is 8.06. The zero-order valence-electron chi connectivity index (χ0n) is 8.92. The predicted octanol–water partition coefficient (Wildman–Crippen LogP) is 1.45. The molecule has 0 atom stereocenters. The molecular weight excluding hydrogens is 188 g/mol. The first-order valence-corrected chi connectivity index (χ1v) is 4.85. The lowest BCUT2D eigenvalue weighted by atomic mass is 10.1. The van der Waals surface area contributed by atoms with Crippen molar-refractivity contribution >= 4 is 5.91 Å². The highest BCUT2D eigenvalue weighted by atomic mass is 16.1. The quantitative estimate of drug-likeness (QED) is 0.729. The van der Waals surface area contributed by atoms with Gasteiger partial charge in [0.1, 0.15) is 0 Å². The highest BCUT2D eigenvalue weighted by Crippen LogP contribution is 2.03. The molecule has 0 aliphatic carbocycles. The highest BCUT2D eigenvalue weighted by Gasteiger charge is 2.03. The standard InChI is InChI=1S/C12H16N2O/c1-9(2)8-14-12(15)11-5-3-10(7-13)4-6-11/h3-6H,1,7-8,13H2,2H3,(H,14,15). The maximum Gasteiger partial charge on any atom is 0.251 e. The molecule has 0 saturated carbocycles. The Balaban J connectivity index is 2.62. The summed E-state index contributed by atoms with van der Waals surface area (Å²) in [5, 5.41) is 2.77. The van der Waals surface area contributed by atoms with Crippen molar-refractivity contribution in [1.29, 1.82) is 0 Å². The molecule has 0 bridgehead atoms. The van der Waals surface area contributed by atoms with Crippen LogP contribution in [-0.4, -0.2) is 12.5 Å². The Bertz CT molecular complexity index is 354. The third kappa shape index (κ3) is 3.56. The van der Waals surface area contributed by atoms with Gasteiger partial charge in [0.15, 0.2) is 0 Å². The van der Waals surface area contributed by atoms with Crippen molar-refractivity contribution in [2.24, 2.45) is 5.73 Å². The first-order valence-electron chi connectivity index (χ1n) is 4.85. The summed E-state index contributed by atoms with van der Waals surface area (Å²) in [4.78, 5) is 11.6. The summed E-state index contributed by atoms with van der Waals surface area (Å²) >= 11 is 0. The van der Waals surface area contributed by atoms with Crippen LogP contribution in [0.25, 0.3) is 0 Å². The van der Waals surface area contributed by atoms with Gasteiger partial charge in [0, 0.05) is 18.7 Å². The molecule has 0 saturated heterocycles. The molecule has 0 spiro atoms. The van der Waals surface area contributed by atoms with E-state index in [-0.39, 0.29) is 5.91 Å². The van der Waals surface area contributed by atoms with E-state index in [4.69, 9.17) is 5.73 Å². The zero-order valence-corrected chi connectivity index (χ0v) is 8.92. The topological polar surface area (TPSA) is 55.1 Å². The number of rotatable bonds is 4. The van der Waals surface area contributed by atoms with E-state index in [0.29, 0.717) is 18.7 Å². The molecule has 0 fully saturated rings. The molecule has 1 aromatic carbocycles. The van der Waals surface area contributed by atoms with Crippen LogP contribution >= 0.6 is 0 Å². The van der Waals surface area contributed by atoms with Crippen molar-refractivity contribution < 1.29 is 4.79 Å². The summed E-state index contributed by atoms with van der Waals surface area (Å²) in [6.07, 6.45) is 0. The second kappa shape index (κ2) is 5.32. The van der Waals surface area contributed by atoms with Gasteiger partial charge in [-0.2, -0.15) is 0 Å². The van der Waals surface area contributed by atoms with Crippen molar-refractivity contribution in [3.8, 4) is 0 Å². The molecule has 3 nitrogen and oxygen atoms in total. The van der Waals surface area contributed by atoms with Crippen LogP contribution < -0.4 is 11.1 Å². The number of amides is 1. The van der Waals surface area contributed by atoms with E-state index in [9.17, 15) is 4.79 Å². The van der Waals surface area contributed by atoms with E-state index in [2.05, 4.69) is 11.9 Å². The third-order valence-electron chi connectivity index (χ3n) is 2.00. The predicted molar refractivity (Wildman–Crippen MR) is 61.5 cm³/mol. The molecule has 1 rings (SSSR count). The Morgan fingerprint density at radius 2 is 2.00 bits per heavy atom. The molecule has 15 heavy (non-hydrogen) atoms. The van der Waals surface area contributed by atoms with Gasteiger partial charge in [-0.1, -0.05) is 24.3 Å². The van der Waals surface area contributed by atoms with Gasteiger partial charge in [-0.05, 0) is 24.6 Å². The molecule has 1 amide bonds. The maximum absolute atomic E-state index is 11.6. The minimum absolute atomic E-state index is 0.0819. The van der Waals surface area contributed by atoms with Crippen molar-refractivity contribution in [3.05, 3.63) is 47.5 Å². The molecule has 0 unspecified atom stereocenters. The SMILES string of the molecule is C=C(C)CNC(=O)c1ccc(CN)cc1. The van der Waals surface area contributed by atoms with Gasteiger partial charge >= 0.3 is 0 Å². The third-order valence-corrected chi connectivity index (χ3v) is 2.00. The summed E-state index contributed by atoms with van der Waals surface area (Å²) in [7, 11) is 0. The summed E-state index contributed by atoms with van der Waals surface area (Å²) in [6.45, 7) is 6.59. The number of benzene rings is 1. The fraction of sp³-hybridized carbons (Fsp3) is 0.250. The van der Waals surface area contributed by atoms with Gasteiger partial charge in [-0.3, -0.25) is 4.79 Å². The average molecular weight is 204 g/mol. The lowest BCUT2D eigenvalue weighted by Crippen LogP contribution is -2.24. The lowest BCUT2D eigenvalue weighted by Gasteiger charge is -2.05. The fourth-order valence-corrected chi connectivity index (χ4v) is 1.13. The Morgan fingerprint density at radius 1 is 1.40 bits per heavy atom. The van der Waals surface area contributed by atoms with Gasteiger partial charge in [-0.15, -0.1) is 0 Å². The summed E-state index contributed by atoms with van der Waals surface area (Å²) in [6, 6.07) is 7.26. The van der Waals surface area contributed by atoms with Crippen LogP contribution in [0.3, 0.4) is 0 Å². The van der Waals surface area contributed by atoms with Gasteiger partial charge in [0.25, 0.3) is 5.91 Å². The minimum Gasteiger partial charge on any atom is -0.348 e. The average Bonchev–Trinajstić information content (AvgIpc) is 2.26. The molecule has 3 N–H and O–H groups in total. The van der Waals surface area contributed by atoms with Crippen LogP contribution in [0.1, 0.15) is 22.8 Å².